The Bertz CT molecular complexity index is 1160. The molecule has 3 aromatic rings. The summed E-state index contributed by atoms with van der Waals surface area (Å²) in [4.78, 5) is 15.0. The van der Waals surface area contributed by atoms with Crippen LogP contribution in [0, 0.1) is 13.8 Å². The number of thioether (sulfide) groups is 1. The van der Waals surface area contributed by atoms with Gasteiger partial charge in [-0.15, -0.1) is 0 Å². The van der Waals surface area contributed by atoms with Crippen molar-refractivity contribution < 1.29 is 14.3 Å². The minimum atomic E-state index is -0.102. The third-order valence-electron chi connectivity index (χ3n) is 4.93. The van der Waals surface area contributed by atoms with Crippen molar-refractivity contribution in [1.82, 2.24) is 0 Å². The van der Waals surface area contributed by atoms with Crippen molar-refractivity contribution in [2.24, 2.45) is 0 Å². The summed E-state index contributed by atoms with van der Waals surface area (Å²) in [6, 6.07) is 23.2. The van der Waals surface area contributed by atoms with Crippen LogP contribution in [-0.4, -0.2) is 23.4 Å². The number of amides is 1. The largest absolute Gasteiger partial charge is 0.490 e. The Balaban J connectivity index is 1.33. The summed E-state index contributed by atoms with van der Waals surface area (Å²) in [5.41, 5.74) is 4.03. The van der Waals surface area contributed by atoms with Crippen molar-refractivity contribution in [1.29, 1.82) is 0 Å². The second-order valence-corrected chi connectivity index (χ2v) is 9.06. The normalized spacial score (nSPS) is 14.8. The molecule has 0 bridgehead atoms. The van der Waals surface area contributed by atoms with Gasteiger partial charge in [-0.1, -0.05) is 72.0 Å². The predicted octanol–water partition coefficient (Wildman–Crippen LogP) is 6.17. The van der Waals surface area contributed by atoms with Gasteiger partial charge >= 0.3 is 0 Å². The van der Waals surface area contributed by atoms with Gasteiger partial charge in [0.25, 0.3) is 5.91 Å². The van der Waals surface area contributed by atoms with Gasteiger partial charge < -0.3 is 9.47 Å². The lowest BCUT2D eigenvalue weighted by molar-refractivity contribution is -0.113. The fourth-order valence-corrected chi connectivity index (χ4v) is 4.65. The molecule has 3 aromatic carbocycles. The maximum Gasteiger partial charge on any atom is 0.270 e. The van der Waals surface area contributed by atoms with E-state index in [1.165, 1.54) is 17.3 Å². The van der Waals surface area contributed by atoms with Crippen LogP contribution in [0.5, 0.6) is 11.5 Å². The van der Waals surface area contributed by atoms with Gasteiger partial charge in [0.05, 0.1) is 10.6 Å². The number of carbonyl (C=O) groups excluding carboxylic acids is 1. The lowest BCUT2D eigenvalue weighted by Gasteiger charge is -2.13. The molecule has 0 aromatic heterocycles. The SMILES string of the molecule is Cc1ccc(OCCOc2ccc(C=C3SC(=S)N(c4ccccc4)C3=O)cc2)c(C)c1. The molecule has 0 N–H and O–H groups in total. The van der Waals surface area contributed by atoms with Crippen LogP contribution in [0.4, 0.5) is 5.69 Å². The number of carbonyl (C=O) groups is 1. The van der Waals surface area contributed by atoms with E-state index in [0.717, 1.165) is 28.3 Å². The van der Waals surface area contributed by atoms with Gasteiger partial charge in [0.2, 0.25) is 0 Å². The molecule has 6 heteroatoms. The zero-order valence-electron chi connectivity index (χ0n) is 17.9. The number of benzene rings is 3. The summed E-state index contributed by atoms with van der Waals surface area (Å²) >= 11 is 6.73. The average Bonchev–Trinajstić information content (AvgIpc) is 3.07. The van der Waals surface area contributed by atoms with E-state index < -0.39 is 0 Å². The molecular weight excluding hydrogens is 438 g/mol. The summed E-state index contributed by atoms with van der Waals surface area (Å²) < 4.78 is 12.1. The molecule has 1 saturated heterocycles. The number of para-hydroxylation sites is 1. The first-order valence-corrected chi connectivity index (χ1v) is 11.5. The fraction of sp³-hybridized carbons (Fsp3) is 0.154. The summed E-state index contributed by atoms with van der Waals surface area (Å²) in [5, 5.41) is 0. The molecule has 32 heavy (non-hydrogen) atoms. The van der Waals surface area contributed by atoms with Crippen molar-refractivity contribution in [2.45, 2.75) is 13.8 Å². The van der Waals surface area contributed by atoms with Crippen molar-refractivity contribution in [2.75, 3.05) is 18.1 Å². The topological polar surface area (TPSA) is 38.8 Å². The van der Waals surface area contributed by atoms with Crippen LogP contribution in [0.25, 0.3) is 6.08 Å². The van der Waals surface area contributed by atoms with Gasteiger partial charge in [0, 0.05) is 0 Å². The molecule has 162 valence electrons. The Morgan fingerprint density at radius 1 is 0.938 bits per heavy atom. The number of rotatable bonds is 7. The van der Waals surface area contributed by atoms with Gasteiger partial charge in [-0.05, 0) is 61.4 Å². The lowest BCUT2D eigenvalue weighted by atomic mass is 10.1. The van der Waals surface area contributed by atoms with E-state index in [2.05, 4.69) is 13.0 Å². The molecule has 4 rings (SSSR count). The number of nitrogens with zero attached hydrogens (tertiary/aromatic N) is 1. The molecule has 0 atom stereocenters. The Labute approximate surface area is 197 Å². The molecule has 4 nitrogen and oxygen atoms in total. The zero-order valence-corrected chi connectivity index (χ0v) is 19.5. The monoisotopic (exact) mass is 461 g/mol. The van der Waals surface area contributed by atoms with Gasteiger partial charge in [-0.2, -0.15) is 0 Å². The van der Waals surface area contributed by atoms with Crippen molar-refractivity contribution in [3.8, 4) is 11.5 Å². The standard InChI is InChI=1S/C26H23NO3S2/c1-18-8-13-23(19(2)16-18)30-15-14-29-22-11-9-20(10-12-22)17-24-25(28)27(26(31)32-24)21-6-4-3-5-7-21/h3-13,16-17H,14-15H2,1-2H3. The lowest BCUT2D eigenvalue weighted by Crippen LogP contribution is -2.27. The number of hydrogen-bond donors (Lipinski definition) is 0. The van der Waals surface area contributed by atoms with E-state index in [9.17, 15) is 4.79 Å². The smallest absolute Gasteiger partial charge is 0.270 e. The highest BCUT2D eigenvalue weighted by Crippen LogP contribution is 2.36. The molecule has 0 spiro atoms. The van der Waals surface area contributed by atoms with E-state index in [1.807, 2.05) is 79.7 Å². The average molecular weight is 462 g/mol. The molecule has 0 aliphatic carbocycles. The first-order valence-electron chi connectivity index (χ1n) is 10.3. The van der Waals surface area contributed by atoms with Gasteiger partial charge in [-0.25, -0.2) is 0 Å². The Hall–Kier alpha value is -3.09. The molecule has 1 heterocycles. The highest BCUT2D eigenvalue weighted by atomic mass is 32.2. The van der Waals surface area contributed by atoms with Gasteiger partial charge in [0.15, 0.2) is 4.32 Å². The van der Waals surface area contributed by atoms with Crippen LogP contribution < -0.4 is 14.4 Å². The second kappa shape index (κ2) is 10.0. The minimum Gasteiger partial charge on any atom is -0.490 e. The van der Waals surface area contributed by atoms with Crippen LogP contribution in [0.1, 0.15) is 16.7 Å². The van der Waals surface area contributed by atoms with Crippen LogP contribution in [0.2, 0.25) is 0 Å². The molecule has 0 radical (unpaired) electrons. The summed E-state index contributed by atoms with van der Waals surface area (Å²) in [7, 11) is 0. The van der Waals surface area contributed by atoms with Gasteiger partial charge in [0.1, 0.15) is 24.7 Å². The number of anilines is 1. The predicted molar refractivity (Wildman–Crippen MR) is 135 cm³/mol. The van der Waals surface area contributed by atoms with Crippen LogP contribution in [0.15, 0.2) is 77.7 Å². The minimum absolute atomic E-state index is 0.102. The Morgan fingerprint density at radius 2 is 1.66 bits per heavy atom. The quantitative estimate of drug-likeness (QED) is 0.239. The molecule has 0 unspecified atom stereocenters. The number of hydrogen-bond acceptors (Lipinski definition) is 5. The number of aryl methyl sites for hydroxylation is 2. The van der Waals surface area contributed by atoms with Gasteiger partial charge in [-0.3, -0.25) is 9.69 Å². The van der Waals surface area contributed by atoms with Crippen LogP contribution >= 0.6 is 24.0 Å². The first-order chi connectivity index (χ1) is 15.5. The highest BCUT2D eigenvalue weighted by Gasteiger charge is 2.33. The van der Waals surface area contributed by atoms with Crippen molar-refractivity contribution in [3.63, 3.8) is 0 Å². The van der Waals surface area contributed by atoms with Crippen LogP contribution in [-0.2, 0) is 4.79 Å². The maximum atomic E-state index is 12.8. The molecule has 1 amide bonds. The summed E-state index contributed by atoms with van der Waals surface area (Å²) in [6.07, 6.45) is 1.86. The van der Waals surface area contributed by atoms with Crippen molar-refractivity contribution >= 4 is 46.0 Å². The second-order valence-electron chi connectivity index (χ2n) is 7.39. The number of thiocarbonyl (C=S) groups is 1. The fourth-order valence-electron chi connectivity index (χ4n) is 3.35. The number of ether oxygens (including phenoxy) is 2. The molecule has 0 saturated carbocycles. The summed E-state index contributed by atoms with van der Waals surface area (Å²) in [6.45, 7) is 5.01. The molecular formula is C26H23NO3S2. The van der Waals surface area contributed by atoms with E-state index in [-0.39, 0.29) is 5.91 Å². The third kappa shape index (κ3) is 5.21. The van der Waals surface area contributed by atoms with Crippen molar-refractivity contribution in [3.05, 3.63) is 94.4 Å². The summed E-state index contributed by atoms with van der Waals surface area (Å²) in [5.74, 6) is 1.53. The van der Waals surface area contributed by atoms with E-state index in [1.54, 1.807) is 4.90 Å². The van der Waals surface area contributed by atoms with Crippen LogP contribution in [0.3, 0.4) is 0 Å². The van der Waals surface area contributed by atoms with E-state index in [4.69, 9.17) is 21.7 Å². The van der Waals surface area contributed by atoms with E-state index >= 15 is 0 Å². The first kappa shape index (κ1) is 22.1. The Morgan fingerprint density at radius 3 is 2.38 bits per heavy atom. The highest BCUT2D eigenvalue weighted by molar-refractivity contribution is 8.27. The Kier molecular flexibility index (Phi) is 6.93. The molecule has 1 aliphatic rings. The third-order valence-corrected chi connectivity index (χ3v) is 6.23. The molecule has 1 fully saturated rings. The maximum absolute atomic E-state index is 12.8. The molecule has 1 aliphatic heterocycles. The van der Waals surface area contributed by atoms with E-state index in [0.29, 0.717) is 22.4 Å². The zero-order chi connectivity index (χ0) is 22.5.